The number of hydrogen-bond acceptors (Lipinski definition) is 4. The van der Waals surface area contributed by atoms with Crippen LogP contribution in [0.1, 0.15) is 12.8 Å². The number of carboxylic acid groups (broad SMARTS) is 1. The fraction of sp³-hybridized carbons (Fsp3) is 0.500. The summed E-state index contributed by atoms with van der Waals surface area (Å²) in [4.78, 5) is 21.2. The second kappa shape index (κ2) is 6.19. The third kappa shape index (κ3) is 4.97. The van der Waals surface area contributed by atoms with Crippen LogP contribution in [0.5, 0.6) is 0 Å². The molecule has 0 radical (unpaired) electrons. The van der Waals surface area contributed by atoms with Crippen LogP contribution in [-0.4, -0.2) is 35.9 Å². The molecule has 0 atom stereocenters. The molecule has 0 saturated carbocycles. The summed E-state index contributed by atoms with van der Waals surface area (Å²) in [6, 6.07) is 0. The lowest BCUT2D eigenvalue weighted by Gasteiger charge is -2.01. The van der Waals surface area contributed by atoms with E-state index in [1.807, 2.05) is 0 Å². The zero-order chi connectivity index (χ0) is 10.3. The fourth-order valence-electron chi connectivity index (χ4n) is 0.760. The number of aliphatic hydroxyl groups is 1. The van der Waals surface area contributed by atoms with Gasteiger partial charge in [-0.2, -0.15) is 0 Å². The zero-order valence-corrected chi connectivity index (χ0v) is 7.32. The number of ether oxygens (including phenoxy) is 1. The van der Waals surface area contributed by atoms with Crippen LogP contribution in [0.2, 0.25) is 0 Å². The largest absolute Gasteiger partial charge is 0.481 e. The molecule has 0 unspecified atom stereocenters. The van der Waals surface area contributed by atoms with E-state index in [0.717, 1.165) is 0 Å². The van der Waals surface area contributed by atoms with Crippen LogP contribution in [0, 0.1) is 0 Å². The van der Waals surface area contributed by atoms with E-state index in [0.29, 0.717) is 0 Å². The quantitative estimate of drug-likeness (QED) is 0.466. The molecule has 2 N–H and O–H groups in total. The molecule has 0 saturated heterocycles. The third-order valence-corrected chi connectivity index (χ3v) is 1.31. The molecule has 0 aliphatic carbocycles. The molecule has 0 rings (SSSR count). The van der Waals surface area contributed by atoms with Crippen molar-refractivity contribution in [2.45, 2.75) is 12.8 Å². The third-order valence-electron chi connectivity index (χ3n) is 1.31. The van der Waals surface area contributed by atoms with Gasteiger partial charge in [-0.05, 0) is 6.42 Å². The highest BCUT2D eigenvalue weighted by Crippen LogP contribution is 2.05. The Kier molecular flexibility index (Phi) is 5.54. The summed E-state index contributed by atoms with van der Waals surface area (Å²) in [5.74, 6) is -1.77. The molecule has 0 aromatic carbocycles. The van der Waals surface area contributed by atoms with Crippen molar-refractivity contribution in [3.8, 4) is 0 Å². The number of carbonyl (C=O) groups excluding carboxylic acids is 1. The summed E-state index contributed by atoms with van der Waals surface area (Å²) in [7, 11) is 1.18. The molecule has 0 fully saturated rings. The van der Waals surface area contributed by atoms with Crippen LogP contribution in [0.3, 0.4) is 0 Å². The van der Waals surface area contributed by atoms with E-state index in [9.17, 15) is 9.59 Å². The van der Waals surface area contributed by atoms with Crippen LogP contribution < -0.4 is 0 Å². The van der Waals surface area contributed by atoms with E-state index in [2.05, 4.69) is 4.74 Å². The minimum Gasteiger partial charge on any atom is -0.481 e. The Bertz CT molecular complexity index is 219. The minimum atomic E-state index is -1.10. The van der Waals surface area contributed by atoms with Crippen LogP contribution in [-0.2, 0) is 14.3 Å². The van der Waals surface area contributed by atoms with E-state index in [-0.39, 0.29) is 25.0 Å². The van der Waals surface area contributed by atoms with E-state index in [1.54, 1.807) is 0 Å². The maximum absolute atomic E-state index is 10.9. The number of carboxylic acids is 1. The SMILES string of the molecule is COC(=O)C(=CCCO)CC(=O)O. The highest BCUT2D eigenvalue weighted by atomic mass is 16.5. The topological polar surface area (TPSA) is 83.8 Å². The highest BCUT2D eigenvalue weighted by Gasteiger charge is 2.12. The highest BCUT2D eigenvalue weighted by molar-refractivity contribution is 5.93. The zero-order valence-electron chi connectivity index (χ0n) is 7.32. The normalized spacial score (nSPS) is 11.1. The lowest BCUT2D eigenvalue weighted by atomic mass is 10.1. The molecule has 0 aromatic rings. The van der Waals surface area contributed by atoms with Gasteiger partial charge in [-0.15, -0.1) is 0 Å². The average molecular weight is 188 g/mol. The molecule has 74 valence electrons. The first-order valence-corrected chi connectivity index (χ1v) is 3.71. The van der Waals surface area contributed by atoms with Gasteiger partial charge in [0.15, 0.2) is 0 Å². The molecule has 0 amide bonds. The number of methoxy groups -OCH3 is 1. The Labute approximate surface area is 75.6 Å². The maximum Gasteiger partial charge on any atom is 0.333 e. The molecule has 0 aromatic heterocycles. The number of aliphatic carboxylic acids is 1. The molecule has 0 heterocycles. The number of hydrogen-bond donors (Lipinski definition) is 2. The Morgan fingerprint density at radius 3 is 2.46 bits per heavy atom. The smallest absolute Gasteiger partial charge is 0.333 e. The van der Waals surface area contributed by atoms with Crippen LogP contribution in [0.4, 0.5) is 0 Å². The van der Waals surface area contributed by atoms with E-state index >= 15 is 0 Å². The van der Waals surface area contributed by atoms with Gasteiger partial charge in [-0.3, -0.25) is 4.79 Å². The summed E-state index contributed by atoms with van der Waals surface area (Å²) in [6.45, 7) is -0.125. The van der Waals surface area contributed by atoms with Gasteiger partial charge >= 0.3 is 11.9 Å². The van der Waals surface area contributed by atoms with Crippen molar-refractivity contribution < 1.29 is 24.5 Å². The first kappa shape index (κ1) is 11.6. The molecule has 0 bridgehead atoms. The van der Waals surface area contributed by atoms with Crippen molar-refractivity contribution in [1.82, 2.24) is 0 Å². The first-order valence-electron chi connectivity index (χ1n) is 3.71. The molecule has 13 heavy (non-hydrogen) atoms. The Hall–Kier alpha value is -1.36. The van der Waals surface area contributed by atoms with E-state index < -0.39 is 11.9 Å². The summed E-state index contributed by atoms with van der Waals surface area (Å²) in [5, 5.41) is 16.9. The lowest BCUT2D eigenvalue weighted by Crippen LogP contribution is -2.09. The van der Waals surface area contributed by atoms with Gasteiger partial charge in [0, 0.05) is 12.2 Å². The van der Waals surface area contributed by atoms with Crippen molar-refractivity contribution in [2.75, 3.05) is 13.7 Å². The van der Waals surface area contributed by atoms with E-state index in [4.69, 9.17) is 10.2 Å². The summed E-state index contributed by atoms with van der Waals surface area (Å²) >= 11 is 0. The molecule has 5 nitrogen and oxygen atoms in total. The molecular weight excluding hydrogens is 176 g/mol. The molecule has 0 spiro atoms. The van der Waals surface area contributed by atoms with Gasteiger partial charge in [0.2, 0.25) is 0 Å². The minimum absolute atomic E-state index is 0.0593. The molecule has 0 aliphatic heterocycles. The summed E-state index contributed by atoms with van der Waals surface area (Å²) in [5.41, 5.74) is 0.0593. The van der Waals surface area contributed by atoms with Crippen LogP contribution in [0.25, 0.3) is 0 Å². The second-order valence-electron chi connectivity index (χ2n) is 2.30. The first-order chi connectivity index (χ1) is 6.11. The molecule has 0 aliphatic rings. The van der Waals surface area contributed by atoms with Gasteiger partial charge in [0.1, 0.15) is 0 Å². The average Bonchev–Trinajstić information content (AvgIpc) is 2.10. The predicted octanol–water partition coefficient (Wildman–Crippen LogP) is -0.0571. The molecule has 5 heteroatoms. The van der Waals surface area contributed by atoms with Gasteiger partial charge in [-0.25, -0.2) is 4.79 Å². The number of aliphatic hydroxyl groups excluding tert-OH is 1. The number of carbonyl (C=O) groups is 2. The summed E-state index contributed by atoms with van der Waals surface area (Å²) in [6.07, 6.45) is 1.23. The van der Waals surface area contributed by atoms with Crippen molar-refractivity contribution in [2.24, 2.45) is 0 Å². The van der Waals surface area contributed by atoms with Gasteiger partial charge in [0.25, 0.3) is 0 Å². The van der Waals surface area contributed by atoms with Crippen LogP contribution >= 0.6 is 0 Å². The molecular formula is C8H12O5. The Morgan fingerprint density at radius 2 is 2.08 bits per heavy atom. The second-order valence-corrected chi connectivity index (χ2v) is 2.30. The number of esters is 1. The standard InChI is InChI=1S/C8H12O5/c1-13-8(12)6(3-2-4-9)5-7(10)11/h3,9H,2,4-5H2,1H3,(H,10,11). The van der Waals surface area contributed by atoms with Crippen molar-refractivity contribution >= 4 is 11.9 Å². The van der Waals surface area contributed by atoms with Gasteiger partial charge in [0.05, 0.1) is 13.5 Å². The Morgan fingerprint density at radius 1 is 1.46 bits per heavy atom. The van der Waals surface area contributed by atoms with Gasteiger partial charge in [-0.1, -0.05) is 6.08 Å². The summed E-state index contributed by atoms with van der Waals surface area (Å²) < 4.78 is 4.36. The Balaban J connectivity index is 4.35. The van der Waals surface area contributed by atoms with Crippen molar-refractivity contribution in [1.29, 1.82) is 0 Å². The van der Waals surface area contributed by atoms with E-state index in [1.165, 1.54) is 13.2 Å². The van der Waals surface area contributed by atoms with Crippen molar-refractivity contribution in [3.63, 3.8) is 0 Å². The van der Waals surface area contributed by atoms with Gasteiger partial charge < -0.3 is 14.9 Å². The van der Waals surface area contributed by atoms with Crippen LogP contribution in [0.15, 0.2) is 11.6 Å². The number of rotatable bonds is 5. The maximum atomic E-state index is 10.9. The fourth-order valence-corrected chi connectivity index (χ4v) is 0.760. The van der Waals surface area contributed by atoms with Crippen molar-refractivity contribution in [3.05, 3.63) is 11.6 Å². The lowest BCUT2D eigenvalue weighted by molar-refractivity contribution is -0.141. The monoisotopic (exact) mass is 188 g/mol. The predicted molar refractivity (Wildman–Crippen MR) is 44.1 cm³/mol.